The van der Waals surface area contributed by atoms with Crippen LogP contribution in [0.2, 0.25) is 0 Å². The first-order valence-corrected chi connectivity index (χ1v) is 5.54. The second-order valence-corrected chi connectivity index (χ2v) is 4.04. The van der Waals surface area contributed by atoms with Gasteiger partial charge in [-0.1, -0.05) is 6.92 Å². The molecule has 1 unspecified atom stereocenters. The molecule has 0 bridgehead atoms. The first-order valence-electron chi connectivity index (χ1n) is 5.54. The van der Waals surface area contributed by atoms with Crippen LogP contribution in [0.3, 0.4) is 0 Å². The zero-order valence-corrected chi connectivity index (χ0v) is 10.6. The van der Waals surface area contributed by atoms with Crippen LogP contribution in [0.5, 0.6) is 0 Å². The van der Waals surface area contributed by atoms with Gasteiger partial charge in [0.05, 0.1) is 6.61 Å². The minimum Gasteiger partial charge on any atom is -0.465 e. The highest BCUT2D eigenvalue weighted by atomic mass is 16.5. The van der Waals surface area contributed by atoms with E-state index in [2.05, 4.69) is 17.1 Å². The van der Waals surface area contributed by atoms with Gasteiger partial charge in [-0.15, -0.1) is 0 Å². The molecule has 0 aliphatic heterocycles. The van der Waals surface area contributed by atoms with Crippen molar-refractivity contribution in [2.24, 2.45) is 0 Å². The van der Waals surface area contributed by atoms with Gasteiger partial charge in [-0.05, 0) is 40.9 Å². The molecule has 1 atom stereocenters. The lowest BCUT2D eigenvalue weighted by molar-refractivity contribution is -0.151. The molecule has 15 heavy (non-hydrogen) atoms. The van der Waals surface area contributed by atoms with Crippen LogP contribution >= 0.6 is 0 Å². The molecule has 0 aromatic rings. The van der Waals surface area contributed by atoms with E-state index in [1.54, 1.807) is 7.05 Å². The summed E-state index contributed by atoms with van der Waals surface area (Å²) >= 11 is 0. The molecule has 0 spiro atoms. The van der Waals surface area contributed by atoms with Gasteiger partial charge >= 0.3 is 5.97 Å². The van der Waals surface area contributed by atoms with Crippen molar-refractivity contribution in [2.45, 2.75) is 32.7 Å². The number of nitrogens with zero attached hydrogens (tertiary/aromatic N) is 1. The fourth-order valence-electron chi connectivity index (χ4n) is 1.54. The average Bonchev–Trinajstić information content (AvgIpc) is 2.18. The number of carbonyl (C=O) groups is 1. The fourth-order valence-corrected chi connectivity index (χ4v) is 1.54. The standard InChI is InChI=1S/C11H24N2O2/c1-6-8-13(5)9-11(3,12-4)10(14)15-7-2/h12H,6-9H2,1-5H3. The predicted molar refractivity (Wildman–Crippen MR) is 61.9 cm³/mol. The minimum atomic E-state index is -0.611. The van der Waals surface area contributed by atoms with Crippen LogP contribution in [0.1, 0.15) is 27.2 Å². The predicted octanol–water partition coefficient (Wildman–Crippen LogP) is 0.869. The number of likely N-dealkylation sites (N-methyl/N-ethyl adjacent to an activating group) is 2. The number of hydrogen-bond acceptors (Lipinski definition) is 4. The Kier molecular flexibility index (Phi) is 6.52. The van der Waals surface area contributed by atoms with Crippen LogP contribution in [0.15, 0.2) is 0 Å². The molecule has 0 fully saturated rings. The Morgan fingerprint density at radius 1 is 1.47 bits per heavy atom. The summed E-state index contributed by atoms with van der Waals surface area (Å²) in [6, 6.07) is 0. The summed E-state index contributed by atoms with van der Waals surface area (Å²) in [6.07, 6.45) is 1.08. The summed E-state index contributed by atoms with van der Waals surface area (Å²) in [5.74, 6) is -0.185. The van der Waals surface area contributed by atoms with Crippen LogP contribution in [-0.2, 0) is 9.53 Å². The SMILES string of the molecule is CCCN(C)CC(C)(NC)C(=O)OCC. The summed E-state index contributed by atoms with van der Waals surface area (Å²) in [7, 11) is 3.80. The van der Waals surface area contributed by atoms with Gasteiger partial charge in [0.15, 0.2) is 0 Å². The minimum absolute atomic E-state index is 0.185. The van der Waals surface area contributed by atoms with Crippen LogP contribution in [0, 0.1) is 0 Å². The summed E-state index contributed by atoms with van der Waals surface area (Å²) < 4.78 is 5.05. The first kappa shape index (κ1) is 14.4. The molecule has 0 saturated carbocycles. The maximum absolute atomic E-state index is 11.7. The second-order valence-electron chi connectivity index (χ2n) is 4.04. The highest BCUT2D eigenvalue weighted by molar-refractivity contribution is 5.80. The Balaban J connectivity index is 4.35. The fraction of sp³-hybridized carbons (Fsp3) is 0.909. The van der Waals surface area contributed by atoms with E-state index in [1.165, 1.54) is 0 Å². The molecule has 0 aliphatic rings. The molecule has 0 aromatic carbocycles. The topological polar surface area (TPSA) is 41.6 Å². The molecule has 0 rings (SSSR count). The van der Waals surface area contributed by atoms with E-state index in [0.717, 1.165) is 13.0 Å². The lowest BCUT2D eigenvalue weighted by Crippen LogP contribution is -2.55. The molecule has 0 heterocycles. The largest absolute Gasteiger partial charge is 0.465 e. The van der Waals surface area contributed by atoms with Gasteiger partial charge in [0.25, 0.3) is 0 Å². The Labute approximate surface area is 93.0 Å². The Bertz CT molecular complexity index is 197. The molecule has 4 heteroatoms. The van der Waals surface area contributed by atoms with Crippen molar-refractivity contribution in [2.75, 3.05) is 33.8 Å². The third kappa shape index (κ3) is 4.62. The number of rotatable bonds is 7. The molecule has 0 aliphatic carbocycles. The van der Waals surface area contributed by atoms with Gasteiger partial charge in [-0.3, -0.25) is 4.79 Å². The Morgan fingerprint density at radius 2 is 2.07 bits per heavy atom. The molecule has 0 aromatic heterocycles. The number of carbonyl (C=O) groups excluding carboxylic acids is 1. The third-order valence-electron chi connectivity index (χ3n) is 2.47. The molecule has 0 saturated heterocycles. The third-order valence-corrected chi connectivity index (χ3v) is 2.47. The van der Waals surface area contributed by atoms with Crippen molar-refractivity contribution < 1.29 is 9.53 Å². The van der Waals surface area contributed by atoms with Crippen molar-refractivity contribution in [1.82, 2.24) is 10.2 Å². The van der Waals surface area contributed by atoms with Gasteiger partial charge in [-0.25, -0.2) is 0 Å². The molecule has 90 valence electrons. The first-order chi connectivity index (χ1) is 7.00. The summed E-state index contributed by atoms with van der Waals surface area (Å²) in [5.41, 5.74) is -0.611. The monoisotopic (exact) mass is 216 g/mol. The number of esters is 1. The highest BCUT2D eigenvalue weighted by Gasteiger charge is 2.33. The quantitative estimate of drug-likeness (QED) is 0.641. The van der Waals surface area contributed by atoms with Crippen molar-refractivity contribution in [3.8, 4) is 0 Å². The van der Waals surface area contributed by atoms with Gasteiger partial charge < -0.3 is 15.0 Å². The van der Waals surface area contributed by atoms with Crippen molar-refractivity contribution in [3.05, 3.63) is 0 Å². The zero-order valence-electron chi connectivity index (χ0n) is 10.6. The molecular formula is C11H24N2O2. The lowest BCUT2D eigenvalue weighted by atomic mass is 10.0. The molecule has 1 N–H and O–H groups in total. The van der Waals surface area contributed by atoms with Crippen molar-refractivity contribution in [3.63, 3.8) is 0 Å². The van der Waals surface area contributed by atoms with Crippen molar-refractivity contribution in [1.29, 1.82) is 0 Å². The molecule has 0 radical (unpaired) electrons. The van der Waals surface area contributed by atoms with E-state index in [4.69, 9.17) is 4.74 Å². The van der Waals surface area contributed by atoms with Gasteiger partial charge in [0.1, 0.15) is 5.54 Å². The number of nitrogens with one attached hydrogen (secondary N) is 1. The van der Waals surface area contributed by atoms with E-state index in [-0.39, 0.29) is 5.97 Å². The zero-order chi connectivity index (χ0) is 11.9. The smallest absolute Gasteiger partial charge is 0.327 e. The number of hydrogen-bond donors (Lipinski definition) is 1. The lowest BCUT2D eigenvalue weighted by Gasteiger charge is -2.31. The Morgan fingerprint density at radius 3 is 2.47 bits per heavy atom. The summed E-state index contributed by atoms with van der Waals surface area (Å²) in [5, 5.41) is 3.04. The summed E-state index contributed by atoms with van der Waals surface area (Å²) in [4.78, 5) is 13.9. The van der Waals surface area contributed by atoms with Gasteiger partial charge in [-0.2, -0.15) is 0 Å². The van der Waals surface area contributed by atoms with E-state index in [9.17, 15) is 4.79 Å². The number of ether oxygens (including phenoxy) is 1. The van der Waals surface area contributed by atoms with E-state index >= 15 is 0 Å². The summed E-state index contributed by atoms with van der Waals surface area (Å²) in [6.45, 7) is 7.89. The maximum atomic E-state index is 11.7. The average molecular weight is 216 g/mol. The van der Waals surface area contributed by atoms with E-state index in [0.29, 0.717) is 13.2 Å². The molecular weight excluding hydrogens is 192 g/mol. The normalized spacial score (nSPS) is 15.1. The second kappa shape index (κ2) is 6.80. The molecule has 0 amide bonds. The van der Waals surface area contributed by atoms with E-state index < -0.39 is 5.54 Å². The van der Waals surface area contributed by atoms with Gasteiger partial charge in [0, 0.05) is 6.54 Å². The van der Waals surface area contributed by atoms with Crippen LogP contribution in [0.25, 0.3) is 0 Å². The van der Waals surface area contributed by atoms with Crippen molar-refractivity contribution >= 4 is 5.97 Å². The maximum Gasteiger partial charge on any atom is 0.327 e. The Hall–Kier alpha value is -0.610. The van der Waals surface area contributed by atoms with Crippen LogP contribution in [-0.4, -0.2) is 50.2 Å². The molecule has 4 nitrogen and oxygen atoms in total. The van der Waals surface area contributed by atoms with Crippen LogP contribution in [0.4, 0.5) is 0 Å². The highest BCUT2D eigenvalue weighted by Crippen LogP contribution is 2.08. The van der Waals surface area contributed by atoms with Gasteiger partial charge in [0.2, 0.25) is 0 Å². The van der Waals surface area contributed by atoms with Crippen LogP contribution < -0.4 is 5.32 Å². The van der Waals surface area contributed by atoms with E-state index in [1.807, 2.05) is 20.9 Å².